The van der Waals surface area contributed by atoms with Crippen LogP contribution in [0.4, 0.5) is 31.7 Å². The Kier molecular flexibility index (Phi) is 13.7. The summed E-state index contributed by atoms with van der Waals surface area (Å²) in [6.45, 7) is 12.2. The molecule has 0 aliphatic carbocycles. The standard InChI is InChI=1S/C27H21F2N3O2S.C15H22N2.C2H4O/c1-30-17-12-10-16(11-13-17)27(34)32-15-14-19-23(29)25(26(33)31-21-8-4-3-7-20(21)28)35-24(19)18-6-2-5-9-22(18)32;1-4-8-15(9-5-2)11-17(12-15)14-7-6-13(3)10-16-14;1-2-3/h2-13,30H,14-15H2,1H3,(H,31,33);4,6-7,10H,1,5,8-9,11-12H2,2-3H3;2H,1H3. The van der Waals surface area contributed by atoms with Gasteiger partial charge < -0.3 is 25.2 Å². The lowest BCUT2D eigenvalue weighted by Crippen LogP contribution is -2.56. The van der Waals surface area contributed by atoms with Crippen molar-refractivity contribution < 1.29 is 23.2 Å². The van der Waals surface area contributed by atoms with Crippen LogP contribution in [-0.4, -0.2) is 49.8 Å². The average molecular weight is 764 g/mol. The number of carbonyl (C=O) groups excluding carboxylic acids is 3. The van der Waals surface area contributed by atoms with Crippen LogP contribution in [0.3, 0.4) is 0 Å². The molecule has 2 aromatic heterocycles. The van der Waals surface area contributed by atoms with Gasteiger partial charge in [0.05, 0.1) is 11.4 Å². The van der Waals surface area contributed by atoms with E-state index in [9.17, 15) is 14.0 Å². The van der Waals surface area contributed by atoms with Crippen LogP contribution in [0.5, 0.6) is 0 Å². The molecule has 0 atom stereocenters. The molecule has 286 valence electrons. The summed E-state index contributed by atoms with van der Waals surface area (Å²) in [5.41, 5.74) is 4.79. The van der Waals surface area contributed by atoms with Gasteiger partial charge in [-0.2, -0.15) is 0 Å². The first-order valence-electron chi connectivity index (χ1n) is 18.3. The van der Waals surface area contributed by atoms with E-state index < -0.39 is 17.5 Å². The van der Waals surface area contributed by atoms with Crippen LogP contribution in [-0.2, 0) is 11.2 Å². The highest BCUT2D eigenvalue weighted by Crippen LogP contribution is 2.44. The number of pyridine rings is 1. The summed E-state index contributed by atoms with van der Waals surface area (Å²) in [4.78, 5) is 44.0. The first-order chi connectivity index (χ1) is 26.6. The Morgan fingerprint density at radius 2 is 1.69 bits per heavy atom. The number of fused-ring (bicyclic) bond motifs is 3. The maximum Gasteiger partial charge on any atom is 0.268 e. The van der Waals surface area contributed by atoms with Gasteiger partial charge in [0.25, 0.3) is 11.8 Å². The van der Waals surface area contributed by atoms with Gasteiger partial charge in [-0.1, -0.05) is 55.8 Å². The number of aryl methyl sites for hydroxylation is 1. The van der Waals surface area contributed by atoms with Crippen LogP contribution in [0.15, 0.2) is 104 Å². The van der Waals surface area contributed by atoms with Gasteiger partial charge in [-0.15, -0.1) is 17.9 Å². The summed E-state index contributed by atoms with van der Waals surface area (Å²) < 4.78 is 29.5. The molecular weight excluding hydrogens is 717 g/mol. The minimum absolute atomic E-state index is 0.0121. The zero-order chi connectivity index (χ0) is 39.5. The summed E-state index contributed by atoms with van der Waals surface area (Å²) >= 11 is 1.01. The van der Waals surface area contributed by atoms with Gasteiger partial charge >= 0.3 is 0 Å². The van der Waals surface area contributed by atoms with Crippen LogP contribution in [0, 0.1) is 24.0 Å². The molecule has 7 rings (SSSR count). The number of carbonyl (C=O) groups is 3. The molecule has 5 aromatic rings. The third-order valence-electron chi connectivity index (χ3n) is 9.59. The summed E-state index contributed by atoms with van der Waals surface area (Å²) in [6, 6.07) is 24.4. The Hall–Kier alpha value is -5.68. The largest absolute Gasteiger partial charge is 0.388 e. The number of halogens is 2. The van der Waals surface area contributed by atoms with E-state index in [4.69, 9.17) is 4.79 Å². The van der Waals surface area contributed by atoms with E-state index in [-0.39, 0.29) is 29.4 Å². The molecule has 4 heterocycles. The Labute approximate surface area is 325 Å². The number of aromatic nitrogens is 1. The minimum atomic E-state index is -0.708. The lowest BCUT2D eigenvalue weighted by atomic mass is 9.73. The number of amides is 2. The maximum absolute atomic E-state index is 15.5. The van der Waals surface area contributed by atoms with E-state index in [1.54, 1.807) is 30.1 Å². The second kappa shape index (κ2) is 18.6. The predicted molar refractivity (Wildman–Crippen MR) is 221 cm³/mol. The number of hydrogen-bond donors (Lipinski definition) is 2. The van der Waals surface area contributed by atoms with Gasteiger partial charge in [-0.25, -0.2) is 13.8 Å². The van der Waals surface area contributed by atoms with Crippen molar-refractivity contribution in [1.82, 2.24) is 4.98 Å². The van der Waals surface area contributed by atoms with E-state index in [1.165, 1.54) is 43.5 Å². The molecule has 0 unspecified atom stereocenters. The fraction of sp³-hybridized carbons (Fsp3) is 0.273. The lowest BCUT2D eigenvalue weighted by molar-refractivity contribution is -0.106. The molecule has 8 nitrogen and oxygen atoms in total. The van der Waals surface area contributed by atoms with Crippen molar-refractivity contribution in [3.05, 3.63) is 137 Å². The highest BCUT2D eigenvalue weighted by atomic mass is 32.1. The Bertz CT molecular complexity index is 2110. The number of rotatable bonds is 9. The van der Waals surface area contributed by atoms with Crippen LogP contribution >= 0.6 is 11.3 Å². The number of nitrogens with one attached hydrogen (secondary N) is 2. The van der Waals surface area contributed by atoms with E-state index in [2.05, 4.69) is 59.2 Å². The molecule has 2 aliphatic rings. The molecule has 11 heteroatoms. The first-order valence-corrected chi connectivity index (χ1v) is 19.1. The van der Waals surface area contributed by atoms with Gasteiger partial charge in [0.1, 0.15) is 22.8 Å². The fourth-order valence-electron chi connectivity index (χ4n) is 6.96. The molecule has 2 N–H and O–H groups in total. The number of para-hydroxylation sites is 2. The first kappa shape index (κ1) is 40.5. The van der Waals surface area contributed by atoms with Crippen molar-refractivity contribution in [1.29, 1.82) is 0 Å². The molecule has 1 saturated heterocycles. The summed E-state index contributed by atoms with van der Waals surface area (Å²) in [5.74, 6) is -1.01. The van der Waals surface area contributed by atoms with E-state index in [0.717, 1.165) is 48.6 Å². The molecule has 0 bridgehead atoms. The van der Waals surface area contributed by atoms with Crippen molar-refractivity contribution in [2.24, 2.45) is 5.41 Å². The second-order valence-corrected chi connectivity index (χ2v) is 14.6. The van der Waals surface area contributed by atoms with Gasteiger partial charge in [-0.3, -0.25) is 9.59 Å². The molecular formula is C44H47F2N5O3S. The van der Waals surface area contributed by atoms with Gasteiger partial charge in [-0.05, 0) is 87.2 Å². The quantitative estimate of drug-likeness (QED) is 0.115. The monoisotopic (exact) mass is 763 g/mol. The van der Waals surface area contributed by atoms with Crippen molar-refractivity contribution in [2.45, 2.75) is 46.5 Å². The summed E-state index contributed by atoms with van der Waals surface area (Å²) in [6.07, 6.45) is 8.67. The van der Waals surface area contributed by atoms with Crippen molar-refractivity contribution in [3.63, 3.8) is 0 Å². The van der Waals surface area contributed by atoms with E-state index >= 15 is 4.39 Å². The number of thiophene rings is 1. The molecule has 0 saturated carbocycles. The zero-order valence-corrected chi connectivity index (χ0v) is 32.5. The van der Waals surface area contributed by atoms with E-state index in [0.29, 0.717) is 32.7 Å². The average Bonchev–Trinajstić information content (AvgIpc) is 3.41. The Morgan fingerprint density at radius 3 is 2.33 bits per heavy atom. The van der Waals surface area contributed by atoms with Crippen molar-refractivity contribution in [2.75, 3.05) is 47.1 Å². The lowest BCUT2D eigenvalue weighted by Gasteiger charge is -2.51. The van der Waals surface area contributed by atoms with Gasteiger partial charge in [0.2, 0.25) is 0 Å². The fourth-order valence-corrected chi connectivity index (χ4v) is 8.12. The molecule has 0 spiro atoms. The molecule has 55 heavy (non-hydrogen) atoms. The molecule has 3 aromatic carbocycles. The third-order valence-corrected chi connectivity index (χ3v) is 10.8. The molecule has 2 aliphatic heterocycles. The number of nitrogens with zero attached hydrogens (tertiary/aromatic N) is 3. The van der Waals surface area contributed by atoms with Crippen LogP contribution in [0.25, 0.3) is 10.4 Å². The number of allylic oxidation sites excluding steroid dienone is 1. The predicted octanol–water partition coefficient (Wildman–Crippen LogP) is 9.97. The molecule has 0 radical (unpaired) electrons. The van der Waals surface area contributed by atoms with Crippen molar-refractivity contribution in [3.8, 4) is 10.4 Å². The topological polar surface area (TPSA) is 94.6 Å². The Morgan fingerprint density at radius 1 is 1.00 bits per heavy atom. The maximum atomic E-state index is 15.5. The normalized spacial score (nSPS) is 13.6. The summed E-state index contributed by atoms with van der Waals surface area (Å²) in [5, 5.41) is 5.49. The zero-order valence-electron chi connectivity index (χ0n) is 31.7. The smallest absolute Gasteiger partial charge is 0.268 e. The number of aldehydes is 1. The van der Waals surface area contributed by atoms with Crippen LogP contribution in [0.2, 0.25) is 0 Å². The number of anilines is 4. The highest BCUT2D eigenvalue weighted by molar-refractivity contribution is 7.17. The summed E-state index contributed by atoms with van der Waals surface area (Å²) in [7, 11) is 1.81. The number of hydrogen-bond acceptors (Lipinski definition) is 7. The van der Waals surface area contributed by atoms with Crippen LogP contribution < -0.4 is 20.4 Å². The highest BCUT2D eigenvalue weighted by Gasteiger charge is 2.41. The van der Waals surface area contributed by atoms with Gasteiger partial charge in [0, 0.05) is 65.5 Å². The molecule has 2 amide bonds. The third kappa shape index (κ3) is 9.35. The van der Waals surface area contributed by atoms with Crippen molar-refractivity contribution >= 4 is 52.3 Å². The Balaban J connectivity index is 0.000000242. The molecule has 1 fully saturated rings. The van der Waals surface area contributed by atoms with E-state index in [1.807, 2.05) is 42.6 Å². The van der Waals surface area contributed by atoms with Crippen LogP contribution in [0.1, 0.15) is 64.3 Å². The van der Waals surface area contributed by atoms with Gasteiger partial charge in [0.15, 0.2) is 5.82 Å². The second-order valence-electron chi connectivity index (χ2n) is 13.6. The number of benzene rings is 3. The SMILES string of the molecule is C=CCC1(CCC)CN(c2ccc(C)cn2)C1.CC=O.CNc1ccc(C(=O)N2CCc3c(sc(C(=O)Nc4ccccc4F)c3F)-c3ccccc32)cc1. The minimum Gasteiger partial charge on any atom is -0.388 e.